The van der Waals surface area contributed by atoms with Gasteiger partial charge in [0, 0.05) is 11.1 Å². The Morgan fingerprint density at radius 2 is 2.40 bits per heavy atom. The molecule has 4 nitrogen and oxygen atoms in total. The zero-order chi connectivity index (χ0) is 10.8. The molecule has 2 heterocycles. The summed E-state index contributed by atoms with van der Waals surface area (Å²) in [6, 6.07) is 3.42. The molecule has 0 aromatic carbocycles. The van der Waals surface area contributed by atoms with Crippen LogP contribution in [0.2, 0.25) is 0 Å². The summed E-state index contributed by atoms with van der Waals surface area (Å²) in [5.41, 5.74) is 0. The van der Waals surface area contributed by atoms with Crippen molar-refractivity contribution in [2.24, 2.45) is 0 Å². The highest BCUT2D eigenvalue weighted by Crippen LogP contribution is 2.18. The molecule has 0 aliphatic heterocycles. The number of carbonyl (C=O) groups is 1. The van der Waals surface area contributed by atoms with E-state index in [0.29, 0.717) is 11.4 Å². The van der Waals surface area contributed by atoms with Crippen molar-refractivity contribution in [3.63, 3.8) is 0 Å². The van der Waals surface area contributed by atoms with Crippen LogP contribution in [0.5, 0.6) is 0 Å². The predicted octanol–water partition coefficient (Wildman–Crippen LogP) is 2.45. The zero-order valence-electron chi connectivity index (χ0n) is 7.55. The predicted molar refractivity (Wildman–Crippen MR) is 60.3 cm³/mol. The number of rotatable bonds is 3. The molecule has 0 unspecified atom stereocenters. The monoisotopic (exact) mass is 286 g/mol. The molecule has 0 atom stereocenters. The Morgan fingerprint density at radius 1 is 1.60 bits per heavy atom. The SMILES string of the molecule is O=C(O)c1ccc(Cn2cc(Br)cn2)s1. The van der Waals surface area contributed by atoms with Crippen LogP contribution >= 0.6 is 27.3 Å². The Kier molecular flexibility index (Phi) is 2.88. The van der Waals surface area contributed by atoms with E-state index < -0.39 is 5.97 Å². The van der Waals surface area contributed by atoms with Gasteiger partial charge in [-0.15, -0.1) is 11.3 Å². The van der Waals surface area contributed by atoms with E-state index in [-0.39, 0.29) is 0 Å². The molecular formula is C9H7BrN2O2S. The normalized spacial score (nSPS) is 10.5. The van der Waals surface area contributed by atoms with Gasteiger partial charge in [0.25, 0.3) is 0 Å². The summed E-state index contributed by atoms with van der Waals surface area (Å²) < 4.78 is 2.67. The number of thiophene rings is 1. The molecule has 15 heavy (non-hydrogen) atoms. The molecule has 1 N–H and O–H groups in total. The van der Waals surface area contributed by atoms with Crippen molar-refractivity contribution in [1.29, 1.82) is 0 Å². The number of halogens is 1. The number of aromatic carboxylic acids is 1. The summed E-state index contributed by atoms with van der Waals surface area (Å²) in [4.78, 5) is 12.0. The summed E-state index contributed by atoms with van der Waals surface area (Å²) in [6.07, 6.45) is 3.55. The third-order valence-electron chi connectivity index (χ3n) is 1.79. The molecule has 0 saturated carbocycles. The summed E-state index contributed by atoms with van der Waals surface area (Å²) in [5.74, 6) is -0.882. The van der Waals surface area contributed by atoms with Gasteiger partial charge in [-0.25, -0.2) is 4.79 Å². The first-order valence-electron chi connectivity index (χ1n) is 4.15. The zero-order valence-corrected chi connectivity index (χ0v) is 9.96. The van der Waals surface area contributed by atoms with Gasteiger partial charge in [-0.05, 0) is 28.1 Å². The van der Waals surface area contributed by atoms with E-state index in [1.165, 1.54) is 11.3 Å². The van der Waals surface area contributed by atoms with Crippen LogP contribution in [0.3, 0.4) is 0 Å². The van der Waals surface area contributed by atoms with Gasteiger partial charge < -0.3 is 5.11 Å². The smallest absolute Gasteiger partial charge is 0.345 e. The maximum absolute atomic E-state index is 10.7. The van der Waals surface area contributed by atoms with E-state index >= 15 is 0 Å². The maximum atomic E-state index is 10.7. The molecule has 2 rings (SSSR count). The standard InChI is InChI=1S/C9H7BrN2O2S/c10-6-3-11-12(4-6)5-7-1-2-8(15-7)9(13)14/h1-4H,5H2,(H,13,14). The third-order valence-corrected chi connectivity index (χ3v) is 3.26. The van der Waals surface area contributed by atoms with Crippen LogP contribution in [0, 0.1) is 0 Å². The van der Waals surface area contributed by atoms with Gasteiger partial charge in [0.1, 0.15) is 4.88 Å². The van der Waals surface area contributed by atoms with Crippen LogP contribution in [0.25, 0.3) is 0 Å². The topological polar surface area (TPSA) is 55.1 Å². The molecule has 2 aromatic rings. The fraction of sp³-hybridized carbons (Fsp3) is 0.111. The number of hydrogen-bond acceptors (Lipinski definition) is 3. The third kappa shape index (κ3) is 2.45. The minimum atomic E-state index is -0.882. The van der Waals surface area contributed by atoms with Gasteiger partial charge >= 0.3 is 5.97 Å². The minimum absolute atomic E-state index is 0.358. The lowest BCUT2D eigenvalue weighted by atomic mass is 10.4. The molecule has 0 saturated heterocycles. The van der Waals surface area contributed by atoms with E-state index in [2.05, 4.69) is 21.0 Å². The van der Waals surface area contributed by atoms with Gasteiger partial charge in [-0.2, -0.15) is 5.10 Å². The van der Waals surface area contributed by atoms with Crippen molar-refractivity contribution in [2.75, 3.05) is 0 Å². The molecule has 78 valence electrons. The van der Waals surface area contributed by atoms with Gasteiger partial charge in [0.2, 0.25) is 0 Å². The Bertz CT molecular complexity index is 492. The van der Waals surface area contributed by atoms with Crippen LogP contribution < -0.4 is 0 Å². The summed E-state index contributed by atoms with van der Waals surface area (Å²) in [6.45, 7) is 0.601. The quantitative estimate of drug-likeness (QED) is 0.943. The lowest BCUT2D eigenvalue weighted by Gasteiger charge is -1.96. The molecule has 0 amide bonds. The molecule has 0 spiro atoms. The van der Waals surface area contributed by atoms with Gasteiger partial charge in [0.15, 0.2) is 0 Å². The van der Waals surface area contributed by atoms with Crippen LogP contribution in [0.4, 0.5) is 0 Å². The van der Waals surface area contributed by atoms with Crippen molar-refractivity contribution in [2.45, 2.75) is 6.54 Å². The minimum Gasteiger partial charge on any atom is -0.477 e. The van der Waals surface area contributed by atoms with Crippen molar-refractivity contribution in [3.05, 3.63) is 38.8 Å². The number of aromatic nitrogens is 2. The highest BCUT2D eigenvalue weighted by molar-refractivity contribution is 9.10. The average molecular weight is 287 g/mol. The fourth-order valence-electron chi connectivity index (χ4n) is 1.16. The van der Waals surface area contributed by atoms with Crippen molar-refractivity contribution < 1.29 is 9.90 Å². The number of nitrogens with zero attached hydrogens (tertiary/aromatic N) is 2. The first kappa shape index (κ1) is 10.4. The Labute approximate surface area is 98.3 Å². The second kappa shape index (κ2) is 4.16. The second-order valence-electron chi connectivity index (χ2n) is 2.93. The number of hydrogen-bond donors (Lipinski definition) is 1. The number of carboxylic acids is 1. The Hall–Kier alpha value is -1.14. The lowest BCUT2D eigenvalue weighted by molar-refractivity contribution is 0.0702. The van der Waals surface area contributed by atoms with E-state index in [1.807, 2.05) is 12.3 Å². The molecular weight excluding hydrogens is 280 g/mol. The maximum Gasteiger partial charge on any atom is 0.345 e. The van der Waals surface area contributed by atoms with Crippen molar-refractivity contribution >= 4 is 33.2 Å². The molecule has 0 radical (unpaired) electrons. The molecule has 0 aliphatic rings. The van der Waals surface area contributed by atoms with E-state index in [4.69, 9.17) is 5.11 Å². The van der Waals surface area contributed by atoms with Gasteiger partial charge in [0.05, 0.1) is 17.2 Å². The van der Waals surface area contributed by atoms with Crippen LogP contribution in [-0.2, 0) is 6.54 Å². The lowest BCUT2D eigenvalue weighted by Crippen LogP contribution is -1.97. The molecule has 0 aliphatic carbocycles. The largest absolute Gasteiger partial charge is 0.477 e. The van der Waals surface area contributed by atoms with Crippen molar-refractivity contribution in [3.8, 4) is 0 Å². The first-order valence-corrected chi connectivity index (χ1v) is 5.76. The number of carboxylic acid groups (broad SMARTS) is 1. The summed E-state index contributed by atoms with van der Waals surface area (Å²) >= 11 is 4.57. The molecule has 6 heteroatoms. The van der Waals surface area contributed by atoms with Crippen LogP contribution in [0.15, 0.2) is 29.0 Å². The Balaban J connectivity index is 2.14. The average Bonchev–Trinajstić information content (AvgIpc) is 2.76. The molecule has 0 bridgehead atoms. The van der Waals surface area contributed by atoms with Crippen molar-refractivity contribution in [1.82, 2.24) is 9.78 Å². The van der Waals surface area contributed by atoms with E-state index in [1.54, 1.807) is 16.9 Å². The first-order chi connectivity index (χ1) is 7.15. The summed E-state index contributed by atoms with van der Waals surface area (Å²) in [7, 11) is 0. The van der Waals surface area contributed by atoms with Crippen LogP contribution in [-0.4, -0.2) is 20.9 Å². The van der Waals surface area contributed by atoms with E-state index in [0.717, 1.165) is 9.35 Å². The highest BCUT2D eigenvalue weighted by Gasteiger charge is 2.07. The fourth-order valence-corrected chi connectivity index (χ4v) is 2.33. The summed E-state index contributed by atoms with van der Waals surface area (Å²) in [5, 5.41) is 12.8. The Morgan fingerprint density at radius 3 is 2.93 bits per heavy atom. The highest BCUT2D eigenvalue weighted by atomic mass is 79.9. The van der Waals surface area contributed by atoms with Crippen LogP contribution in [0.1, 0.15) is 14.5 Å². The molecule has 0 fully saturated rings. The molecule has 2 aromatic heterocycles. The van der Waals surface area contributed by atoms with E-state index in [9.17, 15) is 4.79 Å². The van der Waals surface area contributed by atoms with Gasteiger partial charge in [-0.3, -0.25) is 4.68 Å². The van der Waals surface area contributed by atoms with Gasteiger partial charge in [-0.1, -0.05) is 0 Å². The second-order valence-corrected chi connectivity index (χ2v) is 5.01.